The largest absolute Gasteiger partial charge is 0.497 e. The standard InChI is InChI=1S/C25H28N6O5S/c1-35-16-7-8-17(18(13-16)36-2)31(25(34)22-19(26)20(23(27)32)30-37-22)21(14-9-11-28-12-10-14)24(33)29-15-5-3-4-6-15/h7-13,15,21H,3-6,26H2,1-2H3,(H2,27,32)(H,29,33). The van der Waals surface area contributed by atoms with E-state index >= 15 is 0 Å². The molecule has 12 heteroatoms. The minimum Gasteiger partial charge on any atom is -0.497 e. The molecule has 0 saturated heterocycles. The third-order valence-electron chi connectivity index (χ3n) is 6.25. The van der Waals surface area contributed by atoms with Gasteiger partial charge >= 0.3 is 0 Å². The number of carbonyl (C=O) groups excluding carboxylic acids is 3. The van der Waals surface area contributed by atoms with E-state index in [1.165, 1.54) is 19.1 Å². The van der Waals surface area contributed by atoms with E-state index in [0.29, 0.717) is 22.7 Å². The van der Waals surface area contributed by atoms with Gasteiger partial charge in [0.25, 0.3) is 11.8 Å². The molecule has 0 spiro atoms. The van der Waals surface area contributed by atoms with E-state index < -0.39 is 17.9 Å². The topological polar surface area (TPSA) is 163 Å². The highest BCUT2D eigenvalue weighted by Crippen LogP contribution is 2.40. The number of nitrogens with two attached hydrogens (primary N) is 2. The summed E-state index contributed by atoms with van der Waals surface area (Å²) < 4.78 is 14.9. The Kier molecular flexibility index (Phi) is 7.87. The Hall–Kier alpha value is -4.19. The molecule has 3 aromatic rings. The fourth-order valence-corrected chi connectivity index (χ4v) is 5.14. The maximum atomic E-state index is 14.2. The number of nitrogen functional groups attached to an aromatic ring is 1. The molecule has 2 heterocycles. The van der Waals surface area contributed by atoms with Crippen molar-refractivity contribution in [2.45, 2.75) is 37.8 Å². The van der Waals surface area contributed by atoms with Crippen LogP contribution in [0, 0.1) is 0 Å². The van der Waals surface area contributed by atoms with Crippen LogP contribution in [-0.2, 0) is 4.79 Å². The summed E-state index contributed by atoms with van der Waals surface area (Å²) in [7, 11) is 2.96. The maximum absolute atomic E-state index is 14.2. The molecule has 37 heavy (non-hydrogen) atoms. The maximum Gasteiger partial charge on any atom is 0.273 e. The van der Waals surface area contributed by atoms with Crippen molar-refractivity contribution in [3.05, 3.63) is 58.9 Å². The number of primary amides is 1. The lowest BCUT2D eigenvalue weighted by atomic mass is 10.0. The SMILES string of the molecule is COc1ccc(N(C(=O)c2snc(C(N)=O)c2N)C(C(=O)NC2CCCC2)c2ccncc2)c(OC)c1. The molecule has 3 amide bonds. The molecule has 0 aliphatic heterocycles. The van der Waals surface area contributed by atoms with Gasteiger partial charge in [0.2, 0.25) is 5.91 Å². The van der Waals surface area contributed by atoms with E-state index in [0.717, 1.165) is 37.2 Å². The van der Waals surface area contributed by atoms with Gasteiger partial charge in [0.15, 0.2) is 5.69 Å². The van der Waals surface area contributed by atoms with Crippen molar-refractivity contribution in [2.75, 3.05) is 24.9 Å². The molecule has 0 bridgehead atoms. The number of nitrogens with zero attached hydrogens (tertiary/aromatic N) is 3. The Morgan fingerprint density at radius 1 is 1.11 bits per heavy atom. The summed E-state index contributed by atoms with van der Waals surface area (Å²) in [5, 5.41) is 3.10. The molecule has 4 rings (SSSR count). The van der Waals surface area contributed by atoms with Crippen LogP contribution in [0.1, 0.15) is 57.4 Å². The van der Waals surface area contributed by atoms with Crippen LogP contribution in [0.25, 0.3) is 0 Å². The third-order valence-corrected chi connectivity index (χ3v) is 7.10. The van der Waals surface area contributed by atoms with Crippen molar-refractivity contribution < 1.29 is 23.9 Å². The average Bonchev–Trinajstić information content (AvgIpc) is 3.56. The molecular weight excluding hydrogens is 496 g/mol. The van der Waals surface area contributed by atoms with E-state index in [4.69, 9.17) is 20.9 Å². The Morgan fingerprint density at radius 3 is 2.41 bits per heavy atom. The fourth-order valence-electron chi connectivity index (χ4n) is 4.40. The van der Waals surface area contributed by atoms with Gasteiger partial charge in [-0.1, -0.05) is 12.8 Å². The normalized spacial score (nSPS) is 14.1. The van der Waals surface area contributed by atoms with Crippen LogP contribution in [0.2, 0.25) is 0 Å². The lowest BCUT2D eigenvalue weighted by Gasteiger charge is -2.33. The van der Waals surface area contributed by atoms with Crippen LogP contribution in [0.15, 0.2) is 42.7 Å². The van der Waals surface area contributed by atoms with Crippen LogP contribution < -0.4 is 31.2 Å². The van der Waals surface area contributed by atoms with Gasteiger partial charge in [0.1, 0.15) is 22.4 Å². The number of anilines is 2. The number of nitrogens with one attached hydrogen (secondary N) is 1. The van der Waals surface area contributed by atoms with Gasteiger partial charge in [0.05, 0.1) is 25.6 Å². The highest BCUT2D eigenvalue weighted by Gasteiger charge is 2.38. The van der Waals surface area contributed by atoms with Crippen LogP contribution in [0.5, 0.6) is 11.5 Å². The summed E-state index contributed by atoms with van der Waals surface area (Å²) in [5.74, 6) is -1.08. The number of pyridine rings is 1. The van der Waals surface area contributed by atoms with Crippen LogP contribution in [-0.4, -0.2) is 47.3 Å². The average molecular weight is 525 g/mol. The first-order valence-corrected chi connectivity index (χ1v) is 12.4. The van der Waals surface area contributed by atoms with Crippen molar-refractivity contribution in [1.82, 2.24) is 14.7 Å². The minimum atomic E-state index is -1.11. The van der Waals surface area contributed by atoms with Crippen molar-refractivity contribution in [1.29, 1.82) is 0 Å². The molecule has 0 radical (unpaired) electrons. The zero-order valence-electron chi connectivity index (χ0n) is 20.5. The summed E-state index contributed by atoms with van der Waals surface area (Å²) >= 11 is 0.737. The molecule has 194 valence electrons. The van der Waals surface area contributed by atoms with E-state index in [-0.39, 0.29) is 28.2 Å². The summed E-state index contributed by atoms with van der Waals surface area (Å²) in [4.78, 5) is 45.1. The smallest absolute Gasteiger partial charge is 0.273 e. The Labute approximate surface area is 217 Å². The second-order valence-corrected chi connectivity index (χ2v) is 9.30. The zero-order valence-corrected chi connectivity index (χ0v) is 21.3. The van der Waals surface area contributed by atoms with E-state index in [9.17, 15) is 14.4 Å². The van der Waals surface area contributed by atoms with E-state index in [1.807, 2.05) is 0 Å². The molecule has 1 fully saturated rings. The first-order valence-electron chi connectivity index (χ1n) is 11.7. The van der Waals surface area contributed by atoms with Gasteiger partial charge in [-0.25, -0.2) is 0 Å². The van der Waals surface area contributed by atoms with Crippen LogP contribution >= 0.6 is 11.5 Å². The molecule has 2 aromatic heterocycles. The lowest BCUT2D eigenvalue weighted by molar-refractivity contribution is -0.123. The van der Waals surface area contributed by atoms with Crippen molar-refractivity contribution in [3.63, 3.8) is 0 Å². The highest BCUT2D eigenvalue weighted by molar-refractivity contribution is 7.09. The van der Waals surface area contributed by atoms with Crippen molar-refractivity contribution in [2.24, 2.45) is 5.73 Å². The number of rotatable bonds is 9. The minimum absolute atomic E-state index is 0.00138. The molecule has 1 aliphatic rings. The number of benzene rings is 1. The fraction of sp³-hybridized carbons (Fsp3) is 0.320. The van der Waals surface area contributed by atoms with Gasteiger partial charge in [-0.15, -0.1) is 0 Å². The van der Waals surface area contributed by atoms with E-state index in [2.05, 4.69) is 14.7 Å². The zero-order chi connectivity index (χ0) is 26.5. The first kappa shape index (κ1) is 25.9. The summed E-state index contributed by atoms with van der Waals surface area (Å²) in [6.45, 7) is 0. The molecule has 1 aliphatic carbocycles. The second kappa shape index (κ2) is 11.2. The van der Waals surface area contributed by atoms with Gasteiger partial charge < -0.3 is 26.3 Å². The van der Waals surface area contributed by atoms with Crippen LogP contribution in [0.4, 0.5) is 11.4 Å². The van der Waals surface area contributed by atoms with Gasteiger partial charge in [-0.2, -0.15) is 4.37 Å². The third kappa shape index (κ3) is 5.33. The van der Waals surface area contributed by atoms with Crippen molar-refractivity contribution >= 4 is 40.6 Å². The van der Waals surface area contributed by atoms with Crippen LogP contribution in [0.3, 0.4) is 0 Å². The second-order valence-electron chi connectivity index (χ2n) is 8.52. The quantitative estimate of drug-likeness (QED) is 0.385. The molecule has 5 N–H and O–H groups in total. The number of methoxy groups -OCH3 is 2. The molecular formula is C25H28N6O5S. The van der Waals surface area contributed by atoms with E-state index in [1.54, 1.807) is 42.7 Å². The molecule has 1 saturated carbocycles. The Bertz CT molecular complexity index is 1290. The lowest BCUT2D eigenvalue weighted by Crippen LogP contribution is -2.46. The van der Waals surface area contributed by atoms with Gasteiger partial charge in [-0.05, 0) is 54.2 Å². The number of aromatic nitrogens is 2. The number of carbonyl (C=O) groups is 3. The van der Waals surface area contributed by atoms with Gasteiger partial charge in [-0.3, -0.25) is 24.3 Å². The van der Waals surface area contributed by atoms with Crippen molar-refractivity contribution in [3.8, 4) is 11.5 Å². The number of amides is 3. The highest BCUT2D eigenvalue weighted by atomic mass is 32.1. The van der Waals surface area contributed by atoms with Gasteiger partial charge in [0, 0.05) is 24.5 Å². The Morgan fingerprint density at radius 2 is 1.81 bits per heavy atom. The Balaban J connectivity index is 1.90. The monoisotopic (exact) mass is 524 g/mol. The predicted octanol–water partition coefficient (Wildman–Crippen LogP) is 2.68. The number of hydrogen-bond donors (Lipinski definition) is 3. The predicted molar refractivity (Wildman–Crippen MR) is 139 cm³/mol. The molecule has 1 atom stereocenters. The molecule has 1 unspecified atom stereocenters. The molecule has 11 nitrogen and oxygen atoms in total. The number of hydrogen-bond acceptors (Lipinski definition) is 9. The number of ether oxygens (including phenoxy) is 2. The molecule has 1 aromatic carbocycles. The summed E-state index contributed by atoms with van der Waals surface area (Å²) in [6, 6.07) is 7.11. The first-order chi connectivity index (χ1) is 17.8. The summed E-state index contributed by atoms with van der Waals surface area (Å²) in [5.41, 5.74) is 12.0. The summed E-state index contributed by atoms with van der Waals surface area (Å²) in [6.07, 6.45) is 6.85.